The fraction of sp³-hybridized carbons (Fsp3) is 0.579. The van der Waals surface area contributed by atoms with Gasteiger partial charge in [-0.25, -0.2) is 9.18 Å². The first-order chi connectivity index (χ1) is 13.2. The Labute approximate surface area is 166 Å². The standard InChI is InChI=1S/C19H25F4NO5/c1-10(25)15(28-5)9-14(26)16(24-17(27)29-18(2,3)4)12-7-6-11(8-13(12)20)19(21,22)23/h6-8,14-16,26H,9H2,1-5H3,(H,24,27)/t14-,15+,16-/m0/s1. The lowest BCUT2D eigenvalue weighted by molar-refractivity contribution is -0.137. The van der Waals surface area contributed by atoms with Crippen molar-refractivity contribution >= 4 is 11.9 Å². The minimum atomic E-state index is -4.76. The molecule has 3 atom stereocenters. The highest BCUT2D eigenvalue weighted by molar-refractivity contribution is 5.80. The molecule has 0 spiro atoms. The summed E-state index contributed by atoms with van der Waals surface area (Å²) in [6, 6.07) is 0.237. The van der Waals surface area contributed by atoms with Crippen molar-refractivity contribution in [1.82, 2.24) is 5.32 Å². The van der Waals surface area contributed by atoms with Crippen molar-refractivity contribution < 1.29 is 41.7 Å². The summed E-state index contributed by atoms with van der Waals surface area (Å²) in [7, 11) is 1.23. The molecule has 0 unspecified atom stereocenters. The number of methoxy groups -OCH3 is 1. The average Bonchev–Trinajstić information content (AvgIpc) is 2.54. The summed E-state index contributed by atoms with van der Waals surface area (Å²) < 4.78 is 62.9. The number of rotatable bonds is 7. The number of amides is 1. The summed E-state index contributed by atoms with van der Waals surface area (Å²) >= 11 is 0. The summed E-state index contributed by atoms with van der Waals surface area (Å²) in [5, 5.41) is 12.8. The van der Waals surface area contributed by atoms with E-state index in [0.29, 0.717) is 6.07 Å². The van der Waals surface area contributed by atoms with Gasteiger partial charge < -0.3 is 19.9 Å². The van der Waals surface area contributed by atoms with Gasteiger partial charge in [0.05, 0.1) is 17.7 Å². The predicted octanol–water partition coefficient (Wildman–Crippen LogP) is 3.77. The molecule has 0 radical (unpaired) electrons. The van der Waals surface area contributed by atoms with Crippen LogP contribution in [0.15, 0.2) is 18.2 Å². The third-order valence-corrected chi connectivity index (χ3v) is 3.91. The van der Waals surface area contributed by atoms with E-state index in [2.05, 4.69) is 5.32 Å². The maximum absolute atomic E-state index is 14.5. The van der Waals surface area contributed by atoms with Crippen LogP contribution in [-0.4, -0.2) is 41.9 Å². The Balaban J connectivity index is 3.26. The van der Waals surface area contributed by atoms with Crippen molar-refractivity contribution in [3.05, 3.63) is 35.1 Å². The summed E-state index contributed by atoms with van der Waals surface area (Å²) in [4.78, 5) is 23.7. The summed E-state index contributed by atoms with van der Waals surface area (Å²) in [5.41, 5.74) is -2.52. The number of benzene rings is 1. The van der Waals surface area contributed by atoms with Crippen molar-refractivity contribution in [2.75, 3.05) is 7.11 Å². The number of ether oxygens (including phenoxy) is 2. The minimum Gasteiger partial charge on any atom is -0.444 e. The number of ketones is 1. The lowest BCUT2D eigenvalue weighted by Gasteiger charge is -2.28. The molecule has 164 valence electrons. The number of halogens is 4. The molecule has 1 aromatic rings. The third kappa shape index (κ3) is 7.62. The molecular formula is C19H25F4NO5. The molecule has 0 heterocycles. The van der Waals surface area contributed by atoms with E-state index in [4.69, 9.17) is 9.47 Å². The van der Waals surface area contributed by atoms with E-state index in [1.54, 1.807) is 20.8 Å². The largest absolute Gasteiger partial charge is 0.444 e. The molecular weight excluding hydrogens is 398 g/mol. The lowest BCUT2D eigenvalue weighted by atomic mass is 9.94. The molecule has 1 aromatic carbocycles. The fourth-order valence-electron chi connectivity index (χ4n) is 2.55. The van der Waals surface area contributed by atoms with Crippen LogP contribution in [-0.2, 0) is 20.4 Å². The molecule has 0 aliphatic rings. The zero-order chi connectivity index (χ0) is 22.6. The number of alkyl halides is 3. The normalized spacial score (nSPS) is 15.4. The van der Waals surface area contributed by atoms with Gasteiger partial charge in [0.1, 0.15) is 17.5 Å². The summed E-state index contributed by atoms with van der Waals surface area (Å²) in [6.45, 7) is 5.95. The molecule has 0 aliphatic carbocycles. The highest BCUT2D eigenvalue weighted by Crippen LogP contribution is 2.32. The van der Waals surface area contributed by atoms with Crippen molar-refractivity contribution in [3.8, 4) is 0 Å². The van der Waals surface area contributed by atoms with Crippen LogP contribution >= 0.6 is 0 Å². The van der Waals surface area contributed by atoms with Crippen molar-refractivity contribution in [2.45, 2.75) is 64.1 Å². The Hall–Kier alpha value is -2.20. The van der Waals surface area contributed by atoms with Crippen LogP contribution in [0.5, 0.6) is 0 Å². The first kappa shape index (κ1) is 24.8. The van der Waals surface area contributed by atoms with Gasteiger partial charge in [0.2, 0.25) is 0 Å². The number of carbonyl (C=O) groups excluding carboxylic acids is 2. The van der Waals surface area contributed by atoms with E-state index in [-0.39, 0.29) is 12.5 Å². The number of hydrogen-bond donors (Lipinski definition) is 2. The second-order valence-electron chi connectivity index (χ2n) is 7.50. The lowest BCUT2D eigenvalue weighted by Crippen LogP contribution is -2.42. The van der Waals surface area contributed by atoms with Gasteiger partial charge in [0.25, 0.3) is 0 Å². The molecule has 0 saturated heterocycles. The second-order valence-corrected chi connectivity index (χ2v) is 7.50. The molecule has 0 saturated carbocycles. The smallest absolute Gasteiger partial charge is 0.416 e. The zero-order valence-electron chi connectivity index (χ0n) is 16.8. The van der Waals surface area contributed by atoms with E-state index in [1.807, 2.05) is 0 Å². The number of hydrogen-bond acceptors (Lipinski definition) is 5. The Bertz CT molecular complexity index is 730. The number of carbonyl (C=O) groups is 2. The topological polar surface area (TPSA) is 84.9 Å². The number of Topliss-reactive ketones (excluding diaryl/α,β-unsaturated/α-hetero) is 1. The predicted molar refractivity (Wildman–Crippen MR) is 95.6 cm³/mol. The molecule has 6 nitrogen and oxygen atoms in total. The van der Waals surface area contributed by atoms with Gasteiger partial charge in [-0.2, -0.15) is 13.2 Å². The molecule has 0 aliphatic heterocycles. The van der Waals surface area contributed by atoms with Gasteiger partial charge >= 0.3 is 12.3 Å². The van der Waals surface area contributed by atoms with E-state index < -0.39 is 58.8 Å². The zero-order valence-corrected chi connectivity index (χ0v) is 16.8. The monoisotopic (exact) mass is 423 g/mol. The van der Waals surface area contributed by atoms with E-state index >= 15 is 0 Å². The maximum atomic E-state index is 14.5. The minimum absolute atomic E-state index is 0.268. The van der Waals surface area contributed by atoms with Gasteiger partial charge in [0.15, 0.2) is 5.78 Å². The van der Waals surface area contributed by atoms with Crippen molar-refractivity contribution in [3.63, 3.8) is 0 Å². The SMILES string of the molecule is CO[C@H](C[C@H](O)[C@@H](NC(=O)OC(C)(C)C)c1ccc(C(F)(F)F)cc1F)C(C)=O. The highest BCUT2D eigenvalue weighted by Gasteiger charge is 2.34. The van der Waals surface area contributed by atoms with E-state index in [0.717, 1.165) is 6.07 Å². The summed E-state index contributed by atoms with van der Waals surface area (Å²) in [5.74, 6) is -1.70. The number of alkyl carbamates (subject to hydrolysis) is 1. The van der Waals surface area contributed by atoms with Gasteiger partial charge in [-0.15, -0.1) is 0 Å². The van der Waals surface area contributed by atoms with Crippen LogP contribution < -0.4 is 5.32 Å². The highest BCUT2D eigenvalue weighted by atomic mass is 19.4. The van der Waals surface area contributed by atoms with Crippen LogP contribution in [0.1, 0.15) is 51.3 Å². The fourth-order valence-corrected chi connectivity index (χ4v) is 2.55. The molecule has 10 heteroatoms. The van der Waals surface area contributed by atoms with Gasteiger partial charge in [-0.3, -0.25) is 4.79 Å². The quantitative estimate of drug-likeness (QED) is 0.653. The summed E-state index contributed by atoms with van der Waals surface area (Å²) in [6.07, 6.45) is -8.71. The number of nitrogens with one attached hydrogen (secondary N) is 1. The Kier molecular flexibility index (Phi) is 8.16. The first-order valence-corrected chi connectivity index (χ1v) is 8.73. The molecule has 1 amide bonds. The Morgan fingerprint density at radius 3 is 2.21 bits per heavy atom. The molecule has 29 heavy (non-hydrogen) atoms. The maximum Gasteiger partial charge on any atom is 0.416 e. The van der Waals surface area contributed by atoms with Crippen LogP contribution in [0, 0.1) is 5.82 Å². The van der Waals surface area contributed by atoms with Crippen LogP contribution in [0.25, 0.3) is 0 Å². The van der Waals surface area contributed by atoms with Crippen molar-refractivity contribution in [2.24, 2.45) is 0 Å². The van der Waals surface area contributed by atoms with Gasteiger partial charge in [-0.1, -0.05) is 6.07 Å². The first-order valence-electron chi connectivity index (χ1n) is 8.73. The van der Waals surface area contributed by atoms with Crippen LogP contribution in [0.4, 0.5) is 22.4 Å². The van der Waals surface area contributed by atoms with E-state index in [1.165, 1.54) is 14.0 Å². The van der Waals surface area contributed by atoms with Crippen molar-refractivity contribution in [1.29, 1.82) is 0 Å². The van der Waals surface area contributed by atoms with Gasteiger partial charge in [-0.05, 0) is 39.8 Å². The number of aliphatic hydroxyl groups is 1. The van der Waals surface area contributed by atoms with Gasteiger partial charge in [0, 0.05) is 19.1 Å². The molecule has 2 N–H and O–H groups in total. The Morgan fingerprint density at radius 2 is 1.79 bits per heavy atom. The Morgan fingerprint density at radius 1 is 1.21 bits per heavy atom. The molecule has 0 bridgehead atoms. The van der Waals surface area contributed by atoms with E-state index in [9.17, 15) is 32.3 Å². The number of aliphatic hydroxyl groups excluding tert-OH is 1. The third-order valence-electron chi connectivity index (χ3n) is 3.91. The van der Waals surface area contributed by atoms with Crippen LogP contribution in [0.2, 0.25) is 0 Å². The molecule has 0 fully saturated rings. The average molecular weight is 423 g/mol. The van der Waals surface area contributed by atoms with Crippen LogP contribution in [0.3, 0.4) is 0 Å². The molecule has 1 rings (SSSR count). The second kappa shape index (κ2) is 9.53. The molecule has 0 aromatic heterocycles.